The average Bonchev–Trinajstić information content (AvgIpc) is 2.28. The van der Waals surface area contributed by atoms with Gasteiger partial charge in [0.15, 0.2) is 0 Å². The standard InChI is InChI=1S/C11H15ClF3N3O2S/c1-3-16-10-9(12)4-8(6-17-10)21(19,20)18-7(2)5-11(13,14)15/h4,6-7,18H,3,5H2,1-2H3,(H,16,17). The number of hydrogen-bond donors (Lipinski definition) is 2. The van der Waals surface area contributed by atoms with Crippen LogP contribution < -0.4 is 10.0 Å². The van der Waals surface area contributed by atoms with Gasteiger partial charge < -0.3 is 5.32 Å². The second-order valence-corrected chi connectivity index (χ2v) is 6.49. The Kier molecular flexibility index (Phi) is 5.83. The van der Waals surface area contributed by atoms with Gasteiger partial charge in [0, 0.05) is 18.8 Å². The van der Waals surface area contributed by atoms with Gasteiger partial charge in [-0.1, -0.05) is 11.6 Å². The molecule has 0 aliphatic carbocycles. The first kappa shape index (κ1) is 18.0. The lowest BCUT2D eigenvalue weighted by molar-refractivity contribution is -0.137. The number of halogens is 4. The summed E-state index contributed by atoms with van der Waals surface area (Å²) in [5.41, 5.74) is 0. The smallest absolute Gasteiger partial charge is 0.369 e. The van der Waals surface area contributed by atoms with Crippen molar-refractivity contribution < 1.29 is 21.6 Å². The zero-order valence-electron chi connectivity index (χ0n) is 11.3. The van der Waals surface area contributed by atoms with Crippen LogP contribution in [-0.2, 0) is 10.0 Å². The molecule has 21 heavy (non-hydrogen) atoms. The van der Waals surface area contributed by atoms with Gasteiger partial charge in [-0.2, -0.15) is 13.2 Å². The first-order valence-corrected chi connectivity index (χ1v) is 7.89. The molecular formula is C11H15ClF3N3O2S. The molecule has 1 rings (SSSR count). The van der Waals surface area contributed by atoms with Crippen molar-refractivity contribution in [3.05, 3.63) is 17.3 Å². The Morgan fingerprint density at radius 2 is 2.05 bits per heavy atom. The van der Waals surface area contributed by atoms with E-state index < -0.39 is 28.7 Å². The van der Waals surface area contributed by atoms with Crippen LogP contribution in [0.4, 0.5) is 19.0 Å². The lowest BCUT2D eigenvalue weighted by Crippen LogP contribution is -2.36. The summed E-state index contributed by atoms with van der Waals surface area (Å²) in [6.45, 7) is 3.48. The highest BCUT2D eigenvalue weighted by Gasteiger charge is 2.32. The topological polar surface area (TPSA) is 71.1 Å². The molecule has 0 saturated carbocycles. The van der Waals surface area contributed by atoms with Gasteiger partial charge in [-0.25, -0.2) is 18.1 Å². The molecule has 5 nitrogen and oxygen atoms in total. The number of sulfonamides is 1. The normalized spacial score (nSPS) is 14.0. The van der Waals surface area contributed by atoms with Gasteiger partial charge in [0.05, 0.1) is 11.4 Å². The summed E-state index contributed by atoms with van der Waals surface area (Å²) in [6.07, 6.45) is -4.68. The van der Waals surface area contributed by atoms with Crippen molar-refractivity contribution in [3.8, 4) is 0 Å². The Morgan fingerprint density at radius 3 is 2.52 bits per heavy atom. The van der Waals surface area contributed by atoms with Gasteiger partial charge in [-0.15, -0.1) is 0 Å². The van der Waals surface area contributed by atoms with Crippen molar-refractivity contribution in [2.24, 2.45) is 0 Å². The molecule has 0 aliphatic rings. The molecule has 10 heteroatoms. The fourth-order valence-electron chi connectivity index (χ4n) is 1.59. The molecular weight excluding hydrogens is 331 g/mol. The molecule has 0 aliphatic heterocycles. The van der Waals surface area contributed by atoms with Gasteiger partial charge >= 0.3 is 6.18 Å². The SMILES string of the molecule is CCNc1ncc(S(=O)(=O)NC(C)CC(F)(F)F)cc1Cl. The summed E-state index contributed by atoms with van der Waals surface area (Å²) in [7, 11) is -4.11. The Morgan fingerprint density at radius 1 is 1.43 bits per heavy atom. The van der Waals surface area contributed by atoms with Gasteiger partial charge in [0.25, 0.3) is 0 Å². The van der Waals surface area contributed by atoms with E-state index in [1.165, 1.54) is 0 Å². The first-order chi connectivity index (χ1) is 9.55. The second kappa shape index (κ2) is 6.80. The summed E-state index contributed by atoms with van der Waals surface area (Å²) in [5.74, 6) is 0.307. The van der Waals surface area contributed by atoms with Gasteiger partial charge in [-0.3, -0.25) is 0 Å². The van der Waals surface area contributed by atoms with E-state index in [4.69, 9.17) is 11.6 Å². The number of nitrogens with one attached hydrogen (secondary N) is 2. The maximum Gasteiger partial charge on any atom is 0.390 e. The lowest BCUT2D eigenvalue weighted by Gasteiger charge is -2.16. The van der Waals surface area contributed by atoms with Crippen LogP contribution in [0.15, 0.2) is 17.2 Å². The van der Waals surface area contributed by atoms with Crippen LogP contribution in [0.1, 0.15) is 20.3 Å². The molecule has 0 spiro atoms. The number of hydrogen-bond acceptors (Lipinski definition) is 4. The molecule has 1 aromatic heterocycles. The van der Waals surface area contributed by atoms with Crippen molar-refractivity contribution in [1.82, 2.24) is 9.71 Å². The molecule has 1 unspecified atom stereocenters. The Balaban J connectivity index is 2.90. The monoisotopic (exact) mass is 345 g/mol. The fraction of sp³-hybridized carbons (Fsp3) is 0.545. The fourth-order valence-corrected chi connectivity index (χ4v) is 3.10. The third-order valence-corrected chi connectivity index (χ3v) is 4.21. The molecule has 0 bridgehead atoms. The van der Waals surface area contributed by atoms with Crippen LogP contribution in [0.3, 0.4) is 0 Å². The van der Waals surface area contributed by atoms with Crippen molar-refractivity contribution >= 4 is 27.4 Å². The van der Waals surface area contributed by atoms with Crippen LogP contribution in [-0.4, -0.2) is 32.2 Å². The zero-order valence-corrected chi connectivity index (χ0v) is 12.9. The lowest BCUT2D eigenvalue weighted by atomic mass is 10.2. The van der Waals surface area contributed by atoms with Crippen LogP contribution in [0.5, 0.6) is 0 Å². The third-order valence-electron chi connectivity index (χ3n) is 2.36. The molecule has 1 heterocycles. The number of aromatic nitrogens is 1. The van der Waals surface area contributed by atoms with Gasteiger partial charge in [-0.05, 0) is 19.9 Å². The molecule has 0 radical (unpaired) electrons. The zero-order chi connectivity index (χ0) is 16.3. The number of anilines is 1. The molecule has 1 aromatic rings. The van der Waals surface area contributed by atoms with Crippen LogP contribution in [0.2, 0.25) is 5.02 Å². The summed E-state index contributed by atoms with van der Waals surface area (Å²) in [6, 6.07) is -0.155. The van der Waals surface area contributed by atoms with E-state index >= 15 is 0 Å². The summed E-state index contributed by atoms with van der Waals surface area (Å²) >= 11 is 5.86. The van der Waals surface area contributed by atoms with Crippen molar-refractivity contribution in [2.45, 2.75) is 37.4 Å². The number of nitrogens with zero attached hydrogens (tertiary/aromatic N) is 1. The molecule has 2 N–H and O–H groups in total. The molecule has 0 saturated heterocycles. The van der Waals surface area contributed by atoms with Crippen LogP contribution in [0.25, 0.3) is 0 Å². The average molecular weight is 346 g/mol. The highest BCUT2D eigenvalue weighted by Crippen LogP contribution is 2.24. The van der Waals surface area contributed by atoms with E-state index in [-0.39, 0.29) is 9.92 Å². The molecule has 120 valence electrons. The van der Waals surface area contributed by atoms with E-state index in [9.17, 15) is 21.6 Å². The van der Waals surface area contributed by atoms with E-state index in [0.717, 1.165) is 19.2 Å². The highest BCUT2D eigenvalue weighted by molar-refractivity contribution is 7.89. The third kappa shape index (κ3) is 5.68. The minimum Gasteiger partial charge on any atom is -0.369 e. The summed E-state index contributed by atoms with van der Waals surface area (Å²) < 4.78 is 62.5. The van der Waals surface area contributed by atoms with Crippen LogP contribution in [0, 0.1) is 0 Å². The second-order valence-electron chi connectivity index (χ2n) is 4.37. The van der Waals surface area contributed by atoms with E-state index in [0.29, 0.717) is 12.4 Å². The predicted octanol–water partition coefficient (Wildman–Crippen LogP) is 2.79. The molecule has 0 amide bonds. The minimum atomic E-state index is -4.45. The minimum absolute atomic E-state index is 0.0724. The first-order valence-electron chi connectivity index (χ1n) is 6.03. The van der Waals surface area contributed by atoms with Gasteiger partial charge in [0.1, 0.15) is 10.7 Å². The Hall–Kier alpha value is -1.06. The van der Waals surface area contributed by atoms with Crippen molar-refractivity contribution in [3.63, 3.8) is 0 Å². The number of rotatable bonds is 6. The largest absolute Gasteiger partial charge is 0.390 e. The van der Waals surface area contributed by atoms with Crippen molar-refractivity contribution in [1.29, 1.82) is 0 Å². The Labute approximate surface area is 126 Å². The maximum atomic E-state index is 12.2. The van der Waals surface area contributed by atoms with Crippen LogP contribution >= 0.6 is 11.6 Å². The summed E-state index contributed by atoms with van der Waals surface area (Å²) in [4.78, 5) is 3.54. The van der Waals surface area contributed by atoms with Gasteiger partial charge in [0.2, 0.25) is 10.0 Å². The number of alkyl halides is 3. The number of pyridine rings is 1. The predicted molar refractivity (Wildman–Crippen MR) is 73.9 cm³/mol. The van der Waals surface area contributed by atoms with E-state index in [2.05, 4.69) is 10.3 Å². The summed E-state index contributed by atoms with van der Waals surface area (Å²) in [5, 5.41) is 2.89. The maximum absolute atomic E-state index is 12.2. The van der Waals surface area contributed by atoms with E-state index in [1.807, 2.05) is 11.6 Å². The molecule has 1 atom stereocenters. The van der Waals surface area contributed by atoms with Crippen molar-refractivity contribution in [2.75, 3.05) is 11.9 Å². The highest BCUT2D eigenvalue weighted by atomic mass is 35.5. The van der Waals surface area contributed by atoms with E-state index in [1.54, 1.807) is 0 Å². The Bertz CT molecular complexity index is 593. The molecule has 0 aromatic carbocycles. The quantitative estimate of drug-likeness (QED) is 0.831. The molecule has 0 fully saturated rings.